The van der Waals surface area contributed by atoms with E-state index >= 15 is 0 Å². The van der Waals surface area contributed by atoms with Gasteiger partial charge in [0, 0.05) is 13.0 Å². The SMILES string of the molecule is CCCCCC(=O)NCc1ccc2ccc3cccc4ccc1c2c34. The maximum absolute atomic E-state index is 12.0. The van der Waals surface area contributed by atoms with E-state index in [0.29, 0.717) is 13.0 Å². The first kappa shape index (κ1) is 15.9. The Kier molecular flexibility index (Phi) is 4.27. The Labute approximate surface area is 148 Å². The van der Waals surface area contributed by atoms with E-state index < -0.39 is 0 Å². The molecule has 0 bridgehead atoms. The van der Waals surface area contributed by atoms with E-state index in [2.05, 4.69) is 66.8 Å². The molecule has 4 aromatic carbocycles. The van der Waals surface area contributed by atoms with Crippen LogP contribution in [0.5, 0.6) is 0 Å². The summed E-state index contributed by atoms with van der Waals surface area (Å²) in [4.78, 5) is 12.0. The van der Waals surface area contributed by atoms with Crippen molar-refractivity contribution in [2.24, 2.45) is 0 Å². The fourth-order valence-electron chi connectivity index (χ4n) is 3.77. The molecule has 1 N–H and O–H groups in total. The fraction of sp³-hybridized carbons (Fsp3) is 0.261. The summed E-state index contributed by atoms with van der Waals surface area (Å²) < 4.78 is 0. The van der Waals surface area contributed by atoms with Crippen molar-refractivity contribution in [1.82, 2.24) is 5.32 Å². The third-order valence-electron chi connectivity index (χ3n) is 5.10. The zero-order chi connectivity index (χ0) is 17.2. The van der Waals surface area contributed by atoms with Crippen LogP contribution in [-0.4, -0.2) is 5.91 Å². The minimum atomic E-state index is 0.152. The molecule has 1 amide bonds. The van der Waals surface area contributed by atoms with Gasteiger partial charge in [0.05, 0.1) is 0 Å². The van der Waals surface area contributed by atoms with Gasteiger partial charge < -0.3 is 5.32 Å². The first-order valence-corrected chi connectivity index (χ1v) is 9.20. The molecular formula is C23H23NO. The minimum absolute atomic E-state index is 0.152. The Balaban J connectivity index is 1.69. The Bertz CT molecular complexity index is 1020. The average molecular weight is 329 g/mol. The second-order valence-electron chi connectivity index (χ2n) is 6.81. The van der Waals surface area contributed by atoms with Gasteiger partial charge in [-0.25, -0.2) is 0 Å². The number of unbranched alkanes of at least 4 members (excludes halogenated alkanes) is 2. The van der Waals surface area contributed by atoms with Gasteiger partial charge in [-0.05, 0) is 44.3 Å². The highest BCUT2D eigenvalue weighted by Crippen LogP contribution is 2.35. The van der Waals surface area contributed by atoms with E-state index in [0.717, 1.165) is 19.3 Å². The van der Waals surface area contributed by atoms with Gasteiger partial charge in [-0.1, -0.05) is 74.4 Å². The molecule has 0 spiro atoms. The lowest BCUT2D eigenvalue weighted by molar-refractivity contribution is -0.121. The predicted molar refractivity (Wildman–Crippen MR) is 106 cm³/mol. The summed E-state index contributed by atoms with van der Waals surface area (Å²) in [7, 11) is 0. The highest BCUT2D eigenvalue weighted by Gasteiger charge is 2.11. The molecular weight excluding hydrogens is 306 g/mol. The normalized spacial score (nSPS) is 11.6. The lowest BCUT2D eigenvalue weighted by atomic mass is 9.92. The molecule has 2 nitrogen and oxygen atoms in total. The van der Waals surface area contributed by atoms with Crippen LogP contribution in [-0.2, 0) is 11.3 Å². The van der Waals surface area contributed by atoms with Crippen LogP contribution in [0.2, 0.25) is 0 Å². The van der Waals surface area contributed by atoms with Crippen molar-refractivity contribution in [1.29, 1.82) is 0 Å². The van der Waals surface area contributed by atoms with Gasteiger partial charge >= 0.3 is 0 Å². The summed E-state index contributed by atoms with van der Waals surface area (Å²) in [6.45, 7) is 2.75. The molecule has 0 saturated carbocycles. The molecule has 0 unspecified atom stereocenters. The highest BCUT2D eigenvalue weighted by atomic mass is 16.1. The zero-order valence-corrected chi connectivity index (χ0v) is 14.6. The van der Waals surface area contributed by atoms with Gasteiger partial charge in [0.15, 0.2) is 0 Å². The van der Waals surface area contributed by atoms with E-state index in [9.17, 15) is 4.79 Å². The maximum Gasteiger partial charge on any atom is 0.220 e. The number of benzene rings is 4. The van der Waals surface area contributed by atoms with Crippen LogP contribution < -0.4 is 5.32 Å². The van der Waals surface area contributed by atoms with Crippen LogP contribution in [0.1, 0.15) is 38.2 Å². The third-order valence-corrected chi connectivity index (χ3v) is 5.10. The summed E-state index contributed by atoms with van der Waals surface area (Å²) in [5, 5.41) is 10.8. The van der Waals surface area contributed by atoms with Crippen LogP contribution in [0, 0.1) is 0 Å². The number of carbonyl (C=O) groups excluding carboxylic acids is 1. The van der Waals surface area contributed by atoms with E-state index in [4.69, 9.17) is 0 Å². The van der Waals surface area contributed by atoms with E-state index in [1.165, 1.54) is 37.9 Å². The molecule has 0 aromatic heterocycles. The molecule has 0 aliphatic heterocycles. The topological polar surface area (TPSA) is 29.1 Å². The lowest BCUT2D eigenvalue weighted by Crippen LogP contribution is -2.22. The van der Waals surface area contributed by atoms with Crippen LogP contribution in [0.15, 0.2) is 54.6 Å². The number of rotatable bonds is 6. The fourth-order valence-corrected chi connectivity index (χ4v) is 3.77. The molecule has 0 aliphatic carbocycles. The smallest absolute Gasteiger partial charge is 0.220 e. The van der Waals surface area contributed by atoms with Crippen LogP contribution in [0.3, 0.4) is 0 Å². The summed E-state index contributed by atoms with van der Waals surface area (Å²) in [5.41, 5.74) is 1.19. The number of amides is 1. The number of nitrogens with one attached hydrogen (secondary N) is 1. The third kappa shape index (κ3) is 2.93. The highest BCUT2D eigenvalue weighted by molar-refractivity contribution is 6.23. The Morgan fingerprint density at radius 1 is 0.840 bits per heavy atom. The van der Waals surface area contributed by atoms with Gasteiger partial charge in [0.2, 0.25) is 5.91 Å². The van der Waals surface area contributed by atoms with Crippen molar-refractivity contribution in [3.8, 4) is 0 Å². The molecule has 25 heavy (non-hydrogen) atoms. The van der Waals surface area contributed by atoms with Crippen molar-refractivity contribution < 1.29 is 4.79 Å². The predicted octanol–water partition coefficient (Wildman–Crippen LogP) is 5.78. The molecule has 4 rings (SSSR count). The molecule has 2 heteroatoms. The molecule has 0 heterocycles. The van der Waals surface area contributed by atoms with Gasteiger partial charge in [0.25, 0.3) is 0 Å². The summed E-state index contributed by atoms with van der Waals surface area (Å²) >= 11 is 0. The molecule has 4 aromatic rings. The van der Waals surface area contributed by atoms with Crippen LogP contribution >= 0.6 is 0 Å². The summed E-state index contributed by atoms with van der Waals surface area (Å²) in [6, 6.07) is 19.5. The van der Waals surface area contributed by atoms with E-state index in [-0.39, 0.29) is 5.91 Å². The van der Waals surface area contributed by atoms with Gasteiger partial charge in [0.1, 0.15) is 0 Å². The monoisotopic (exact) mass is 329 g/mol. The molecule has 0 fully saturated rings. The van der Waals surface area contributed by atoms with Gasteiger partial charge in [-0.2, -0.15) is 0 Å². The van der Waals surface area contributed by atoms with Gasteiger partial charge in [-0.3, -0.25) is 4.79 Å². The Hall–Kier alpha value is -2.61. The Morgan fingerprint density at radius 3 is 2.28 bits per heavy atom. The van der Waals surface area contributed by atoms with E-state index in [1.807, 2.05) is 0 Å². The molecule has 0 atom stereocenters. The average Bonchev–Trinajstić information content (AvgIpc) is 2.65. The number of hydrogen-bond acceptors (Lipinski definition) is 1. The van der Waals surface area contributed by atoms with Crippen molar-refractivity contribution in [3.63, 3.8) is 0 Å². The zero-order valence-electron chi connectivity index (χ0n) is 14.6. The standard InChI is InChI=1S/C23H23NO/c1-2-3-4-8-21(25)24-15-19-12-11-18-10-9-16-6-5-7-17-13-14-20(19)23(18)22(16)17/h5-7,9-14H,2-4,8,15H2,1H3,(H,24,25). The lowest BCUT2D eigenvalue weighted by Gasteiger charge is -2.14. The molecule has 0 radical (unpaired) electrons. The summed E-state index contributed by atoms with van der Waals surface area (Å²) in [6.07, 6.45) is 3.86. The maximum atomic E-state index is 12.0. The van der Waals surface area contributed by atoms with Crippen LogP contribution in [0.25, 0.3) is 32.3 Å². The Morgan fingerprint density at radius 2 is 1.52 bits per heavy atom. The number of carbonyl (C=O) groups is 1. The second-order valence-corrected chi connectivity index (χ2v) is 6.81. The first-order valence-electron chi connectivity index (χ1n) is 9.20. The summed E-state index contributed by atoms with van der Waals surface area (Å²) in [5.74, 6) is 0.152. The van der Waals surface area contributed by atoms with Crippen molar-refractivity contribution >= 4 is 38.2 Å². The largest absolute Gasteiger partial charge is 0.352 e. The molecule has 0 saturated heterocycles. The van der Waals surface area contributed by atoms with Crippen molar-refractivity contribution in [3.05, 3.63) is 60.2 Å². The van der Waals surface area contributed by atoms with Gasteiger partial charge in [-0.15, -0.1) is 0 Å². The molecule has 0 aliphatic rings. The van der Waals surface area contributed by atoms with Crippen LogP contribution in [0.4, 0.5) is 0 Å². The molecule has 126 valence electrons. The van der Waals surface area contributed by atoms with E-state index in [1.54, 1.807) is 0 Å². The van der Waals surface area contributed by atoms with Crippen molar-refractivity contribution in [2.45, 2.75) is 39.2 Å². The van der Waals surface area contributed by atoms with Crippen molar-refractivity contribution in [2.75, 3.05) is 0 Å². The minimum Gasteiger partial charge on any atom is -0.352 e. The second kappa shape index (κ2) is 6.72. The number of hydrogen-bond donors (Lipinski definition) is 1. The quantitative estimate of drug-likeness (QED) is 0.352. The first-order chi connectivity index (χ1) is 12.3.